The van der Waals surface area contributed by atoms with Gasteiger partial charge in [-0.05, 0) is 25.5 Å². The number of rotatable bonds is 5. The quantitative estimate of drug-likeness (QED) is 0.872. The summed E-state index contributed by atoms with van der Waals surface area (Å²) in [7, 11) is -0.881. The minimum Gasteiger partial charge on any atom is -0.493 e. The van der Waals surface area contributed by atoms with E-state index >= 15 is 0 Å². The van der Waals surface area contributed by atoms with Gasteiger partial charge >= 0.3 is 5.97 Å². The molecule has 1 aromatic rings. The van der Waals surface area contributed by atoms with Gasteiger partial charge in [0.05, 0.1) is 24.5 Å². The van der Waals surface area contributed by atoms with Crippen LogP contribution in [0.2, 0.25) is 0 Å². The Hall–Kier alpha value is -1.80. The van der Waals surface area contributed by atoms with Gasteiger partial charge in [-0.2, -0.15) is 4.31 Å². The van der Waals surface area contributed by atoms with Crippen LogP contribution in [0.5, 0.6) is 11.5 Å². The highest BCUT2D eigenvalue weighted by Crippen LogP contribution is 2.36. The van der Waals surface area contributed by atoms with Crippen molar-refractivity contribution in [3.63, 3.8) is 0 Å². The van der Waals surface area contributed by atoms with E-state index in [1.807, 2.05) is 0 Å². The molecule has 0 bridgehead atoms. The summed E-state index contributed by atoms with van der Waals surface area (Å²) in [5, 5.41) is 9.22. The van der Waals surface area contributed by atoms with Crippen molar-refractivity contribution in [2.75, 3.05) is 27.3 Å². The number of methoxy groups -OCH3 is 2. The Morgan fingerprint density at radius 1 is 1.27 bits per heavy atom. The van der Waals surface area contributed by atoms with Gasteiger partial charge in [0.2, 0.25) is 10.0 Å². The molecular weight excluding hydrogens is 310 g/mol. The Labute approximate surface area is 129 Å². The van der Waals surface area contributed by atoms with Gasteiger partial charge < -0.3 is 14.6 Å². The van der Waals surface area contributed by atoms with Gasteiger partial charge in [0.1, 0.15) is 0 Å². The standard InChI is InChI=1S/C14H19NO6S/c1-14(13(16)17)6-7-15(9-14)22(18,19)10-4-5-11(20-2)12(8-10)21-3/h4-5,8H,6-7,9H2,1-3H3,(H,16,17). The summed E-state index contributed by atoms with van der Waals surface area (Å²) in [5.74, 6) is -0.250. The molecule has 1 heterocycles. The van der Waals surface area contributed by atoms with Crippen LogP contribution in [0.4, 0.5) is 0 Å². The van der Waals surface area contributed by atoms with Crippen molar-refractivity contribution < 1.29 is 27.8 Å². The summed E-state index contributed by atoms with van der Waals surface area (Å²) in [5.41, 5.74) is -1.05. The number of aliphatic carboxylic acids is 1. The molecular formula is C14H19NO6S. The van der Waals surface area contributed by atoms with Crippen molar-refractivity contribution in [1.82, 2.24) is 4.31 Å². The fourth-order valence-corrected chi connectivity index (χ4v) is 4.01. The van der Waals surface area contributed by atoms with Crippen LogP contribution in [0, 0.1) is 5.41 Å². The number of ether oxygens (including phenoxy) is 2. The Kier molecular flexibility index (Phi) is 4.35. The van der Waals surface area contributed by atoms with Gasteiger partial charge in [-0.1, -0.05) is 0 Å². The molecule has 22 heavy (non-hydrogen) atoms. The second-order valence-corrected chi connectivity index (χ2v) is 7.41. The zero-order chi connectivity index (χ0) is 16.5. The maximum absolute atomic E-state index is 12.6. The van der Waals surface area contributed by atoms with Gasteiger partial charge in [-0.25, -0.2) is 8.42 Å². The lowest BCUT2D eigenvalue weighted by Gasteiger charge is -2.20. The average Bonchev–Trinajstić information content (AvgIpc) is 2.91. The second kappa shape index (κ2) is 5.77. The largest absolute Gasteiger partial charge is 0.493 e. The molecule has 0 amide bonds. The first kappa shape index (κ1) is 16.6. The summed E-state index contributed by atoms with van der Waals surface area (Å²) < 4.78 is 36.7. The number of hydrogen-bond acceptors (Lipinski definition) is 5. The normalized spacial score (nSPS) is 22.5. The summed E-state index contributed by atoms with van der Waals surface area (Å²) in [6, 6.07) is 4.32. The molecule has 1 fully saturated rings. The van der Waals surface area contributed by atoms with Crippen LogP contribution in [0.3, 0.4) is 0 Å². The van der Waals surface area contributed by atoms with Gasteiger partial charge in [0.25, 0.3) is 0 Å². The molecule has 1 aromatic carbocycles. The highest BCUT2D eigenvalue weighted by atomic mass is 32.2. The Morgan fingerprint density at radius 2 is 1.91 bits per heavy atom. The number of carboxylic acids is 1. The van der Waals surface area contributed by atoms with Crippen LogP contribution in [-0.4, -0.2) is 51.1 Å². The number of hydrogen-bond donors (Lipinski definition) is 1. The maximum Gasteiger partial charge on any atom is 0.310 e. The van der Waals surface area contributed by atoms with Crippen molar-refractivity contribution in [3.8, 4) is 11.5 Å². The SMILES string of the molecule is COc1ccc(S(=O)(=O)N2CCC(C)(C(=O)O)C2)cc1OC. The molecule has 0 aliphatic carbocycles. The first-order valence-corrected chi connectivity index (χ1v) is 8.14. The topological polar surface area (TPSA) is 93.1 Å². The van der Waals surface area contributed by atoms with E-state index in [0.29, 0.717) is 11.5 Å². The van der Waals surface area contributed by atoms with E-state index in [-0.39, 0.29) is 24.4 Å². The van der Waals surface area contributed by atoms with Crippen LogP contribution in [0.1, 0.15) is 13.3 Å². The van der Waals surface area contributed by atoms with Crippen molar-refractivity contribution in [2.24, 2.45) is 5.41 Å². The van der Waals surface area contributed by atoms with Crippen LogP contribution < -0.4 is 9.47 Å². The van der Waals surface area contributed by atoms with Gasteiger partial charge in [-0.3, -0.25) is 4.79 Å². The van der Waals surface area contributed by atoms with Gasteiger partial charge in [0, 0.05) is 19.2 Å². The van der Waals surface area contributed by atoms with Crippen molar-refractivity contribution in [3.05, 3.63) is 18.2 Å². The lowest BCUT2D eigenvalue weighted by Crippen LogP contribution is -2.34. The lowest BCUT2D eigenvalue weighted by atomic mass is 9.90. The Balaban J connectivity index is 2.34. The molecule has 1 atom stereocenters. The Morgan fingerprint density at radius 3 is 2.41 bits per heavy atom. The van der Waals surface area contributed by atoms with E-state index in [1.54, 1.807) is 6.92 Å². The van der Waals surface area contributed by atoms with Gasteiger partial charge in [0.15, 0.2) is 11.5 Å². The summed E-state index contributed by atoms with van der Waals surface area (Å²) in [4.78, 5) is 11.3. The monoisotopic (exact) mass is 329 g/mol. The molecule has 2 rings (SSSR count). The summed E-state index contributed by atoms with van der Waals surface area (Å²) in [6.07, 6.45) is 0.287. The summed E-state index contributed by atoms with van der Waals surface area (Å²) >= 11 is 0. The minimum absolute atomic E-state index is 0.0426. The van der Waals surface area contributed by atoms with Crippen LogP contribution in [-0.2, 0) is 14.8 Å². The van der Waals surface area contributed by atoms with E-state index < -0.39 is 21.4 Å². The predicted molar refractivity (Wildman–Crippen MR) is 78.7 cm³/mol. The molecule has 0 saturated carbocycles. The molecule has 1 unspecified atom stereocenters. The van der Waals surface area contributed by atoms with Gasteiger partial charge in [-0.15, -0.1) is 0 Å². The zero-order valence-electron chi connectivity index (χ0n) is 12.7. The Bertz CT molecular complexity index is 687. The molecule has 122 valence electrons. The van der Waals surface area contributed by atoms with E-state index in [2.05, 4.69) is 0 Å². The van der Waals surface area contributed by atoms with E-state index in [4.69, 9.17) is 9.47 Å². The fourth-order valence-electron chi connectivity index (χ4n) is 2.42. The van der Waals surface area contributed by atoms with Crippen molar-refractivity contribution in [1.29, 1.82) is 0 Å². The van der Waals surface area contributed by atoms with Crippen LogP contribution >= 0.6 is 0 Å². The highest BCUT2D eigenvalue weighted by Gasteiger charge is 2.45. The molecule has 1 N–H and O–H groups in total. The first-order valence-electron chi connectivity index (χ1n) is 6.70. The third-order valence-electron chi connectivity index (χ3n) is 3.95. The number of carboxylic acid groups (broad SMARTS) is 1. The molecule has 0 aromatic heterocycles. The zero-order valence-corrected chi connectivity index (χ0v) is 13.5. The van der Waals surface area contributed by atoms with Crippen molar-refractivity contribution in [2.45, 2.75) is 18.2 Å². The lowest BCUT2D eigenvalue weighted by molar-refractivity contribution is -0.146. The highest BCUT2D eigenvalue weighted by molar-refractivity contribution is 7.89. The number of benzene rings is 1. The van der Waals surface area contributed by atoms with Crippen LogP contribution in [0.25, 0.3) is 0 Å². The predicted octanol–water partition coefficient (Wildman–Crippen LogP) is 1.19. The molecule has 1 aliphatic heterocycles. The molecule has 0 radical (unpaired) electrons. The minimum atomic E-state index is -3.77. The van der Waals surface area contributed by atoms with Crippen LogP contribution in [0.15, 0.2) is 23.1 Å². The third-order valence-corrected chi connectivity index (χ3v) is 5.79. The molecule has 1 saturated heterocycles. The van der Waals surface area contributed by atoms with E-state index in [0.717, 1.165) is 0 Å². The van der Waals surface area contributed by atoms with E-state index in [9.17, 15) is 18.3 Å². The van der Waals surface area contributed by atoms with E-state index in [1.165, 1.54) is 36.7 Å². The first-order chi connectivity index (χ1) is 10.2. The molecule has 1 aliphatic rings. The molecule has 7 nitrogen and oxygen atoms in total. The number of sulfonamides is 1. The second-order valence-electron chi connectivity index (χ2n) is 5.47. The number of nitrogens with zero attached hydrogens (tertiary/aromatic N) is 1. The smallest absolute Gasteiger partial charge is 0.310 e. The molecule has 0 spiro atoms. The number of carbonyl (C=O) groups is 1. The molecule has 8 heteroatoms. The maximum atomic E-state index is 12.6. The van der Waals surface area contributed by atoms with Crippen molar-refractivity contribution >= 4 is 16.0 Å². The average molecular weight is 329 g/mol. The summed E-state index contributed by atoms with van der Waals surface area (Å²) in [6.45, 7) is 1.69. The third kappa shape index (κ3) is 2.76. The fraction of sp³-hybridized carbons (Fsp3) is 0.500.